The number of rotatable bonds is 1. The maximum Gasteiger partial charge on any atom is 0.224 e. The molecule has 1 heterocycles. The number of nitrogens with one attached hydrogen (secondary N) is 1. The third-order valence-corrected chi connectivity index (χ3v) is 2.44. The molecule has 0 aromatic heterocycles. The molecule has 1 aliphatic rings. The Kier molecular flexibility index (Phi) is 2.35. The van der Waals surface area contributed by atoms with Crippen molar-refractivity contribution in [2.24, 2.45) is 0 Å². The molecule has 1 aliphatic heterocycles. The van der Waals surface area contributed by atoms with E-state index in [4.69, 9.17) is 0 Å². The molecule has 1 amide bonds. The van der Waals surface area contributed by atoms with Crippen LogP contribution in [-0.4, -0.2) is 5.91 Å². The van der Waals surface area contributed by atoms with Crippen LogP contribution in [-0.2, 0) is 4.79 Å². The summed E-state index contributed by atoms with van der Waals surface area (Å²) < 4.78 is 0. The van der Waals surface area contributed by atoms with E-state index in [0.29, 0.717) is 6.42 Å². The summed E-state index contributed by atoms with van der Waals surface area (Å²) in [5.41, 5.74) is 2.17. The van der Waals surface area contributed by atoms with Gasteiger partial charge in [0.1, 0.15) is 0 Å². The van der Waals surface area contributed by atoms with E-state index >= 15 is 0 Å². The van der Waals surface area contributed by atoms with Gasteiger partial charge in [-0.3, -0.25) is 4.79 Å². The summed E-state index contributed by atoms with van der Waals surface area (Å²) in [5, 5.41) is 2.96. The number of amides is 1. The van der Waals surface area contributed by atoms with Gasteiger partial charge in [0.15, 0.2) is 0 Å². The number of carbonyl (C=O) groups excluding carboxylic acids is 1. The first-order valence-electron chi connectivity index (χ1n) is 4.76. The second kappa shape index (κ2) is 3.66. The molecule has 1 atom stereocenters. The number of piperidine rings is 1. The van der Waals surface area contributed by atoms with Crippen molar-refractivity contribution in [1.29, 1.82) is 0 Å². The predicted octanol–water partition coefficient (Wildman–Crippen LogP) is 2.19. The number of benzene rings is 1. The summed E-state index contributed by atoms with van der Waals surface area (Å²) in [6.45, 7) is 3.88. The normalized spacial score (nSPS) is 21.9. The van der Waals surface area contributed by atoms with Crippen molar-refractivity contribution >= 4 is 5.91 Å². The number of carbonyl (C=O) groups is 1. The van der Waals surface area contributed by atoms with Gasteiger partial charge in [-0.1, -0.05) is 42.5 Å². The van der Waals surface area contributed by atoms with Gasteiger partial charge in [-0.2, -0.15) is 0 Å². The van der Waals surface area contributed by atoms with Crippen LogP contribution >= 0.6 is 0 Å². The molecule has 0 spiro atoms. The van der Waals surface area contributed by atoms with Gasteiger partial charge < -0.3 is 5.32 Å². The van der Waals surface area contributed by atoms with Crippen LogP contribution < -0.4 is 5.32 Å². The lowest BCUT2D eigenvalue weighted by atomic mass is 9.94. The topological polar surface area (TPSA) is 29.1 Å². The molecule has 0 bridgehead atoms. The first-order chi connectivity index (χ1) is 6.75. The van der Waals surface area contributed by atoms with E-state index in [0.717, 1.165) is 17.6 Å². The van der Waals surface area contributed by atoms with E-state index in [2.05, 4.69) is 11.9 Å². The molecule has 1 aromatic rings. The van der Waals surface area contributed by atoms with Crippen LogP contribution in [0.2, 0.25) is 0 Å². The predicted molar refractivity (Wildman–Crippen MR) is 55.7 cm³/mol. The van der Waals surface area contributed by atoms with E-state index in [-0.39, 0.29) is 11.9 Å². The molecule has 14 heavy (non-hydrogen) atoms. The van der Waals surface area contributed by atoms with E-state index in [9.17, 15) is 4.79 Å². The van der Waals surface area contributed by atoms with Gasteiger partial charge in [0.25, 0.3) is 0 Å². The molecule has 2 rings (SSSR count). The van der Waals surface area contributed by atoms with Crippen molar-refractivity contribution in [2.75, 3.05) is 0 Å². The first kappa shape index (κ1) is 9.00. The monoisotopic (exact) mass is 187 g/mol. The Morgan fingerprint density at radius 2 is 2.00 bits per heavy atom. The highest BCUT2D eigenvalue weighted by molar-refractivity contribution is 5.80. The van der Waals surface area contributed by atoms with Crippen molar-refractivity contribution < 1.29 is 4.79 Å². The summed E-state index contributed by atoms with van der Waals surface area (Å²) in [7, 11) is 0. The molecule has 1 saturated heterocycles. The summed E-state index contributed by atoms with van der Waals surface area (Å²) in [6, 6.07) is 10.1. The molecule has 1 fully saturated rings. The van der Waals surface area contributed by atoms with Crippen molar-refractivity contribution in [1.82, 2.24) is 5.32 Å². The van der Waals surface area contributed by atoms with Crippen molar-refractivity contribution in [3.8, 4) is 0 Å². The molecule has 1 unspecified atom stereocenters. The molecule has 0 radical (unpaired) electrons. The van der Waals surface area contributed by atoms with Gasteiger partial charge in [0.2, 0.25) is 5.91 Å². The van der Waals surface area contributed by atoms with Gasteiger partial charge in [-0.05, 0) is 12.0 Å². The van der Waals surface area contributed by atoms with Crippen LogP contribution in [0.4, 0.5) is 0 Å². The lowest BCUT2D eigenvalue weighted by molar-refractivity contribution is -0.122. The average Bonchev–Trinajstić information content (AvgIpc) is 2.18. The van der Waals surface area contributed by atoms with Crippen molar-refractivity contribution in [2.45, 2.75) is 18.9 Å². The molecule has 1 aromatic carbocycles. The SMILES string of the molecule is C=C1CC(=O)NC(c2ccccc2)C1. The summed E-state index contributed by atoms with van der Waals surface area (Å²) >= 11 is 0. The molecule has 2 heteroatoms. The number of hydrogen-bond donors (Lipinski definition) is 1. The second-order valence-electron chi connectivity index (χ2n) is 3.66. The zero-order chi connectivity index (χ0) is 9.97. The van der Waals surface area contributed by atoms with E-state index < -0.39 is 0 Å². The summed E-state index contributed by atoms with van der Waals surface area (Å²) in [4.78, 5) is 11.3. The quantitative estimate of drug-likeness (QED) is 0.671. The highest BCUT2D eigenvalue weighted by Gasteiger charge is 2.21. The average molecular weight is 187 g/mol. The van der Waals surface area contributed by atoms with Gasteiger partial charge in [-0.25, -0.2) is 0 Å². The summed E-state index contributed by atoms with van der Waals surface area (Å²) in [6.07, 6.45) is 1.33. The Morgan fingerprint density at radius 3 is 2.64 bits per heavy atom. The Balaban J connectivity index is 2.19. The van der Waals surface area contributed by atoms with Crippen LogP contribution in [0.25, 0.3) is 0 Å². The van der Waals surface area contributed by atoms with Crippen molar-refractivity contribution in [3.63, 3.8) is 0 Å². The molecular weight excluding hydrogens is 174 g/mol. The van der Waals surface area contributed by atoms with Gasteiger partial charge in [0.05, 0.1) is 6.04 Å². The van der Waals surface area contributed by atoms with Crippen LogP contribution in [0.15, 0.2) is 42.5 Å². The van der Waals surface area contributed by atoms with Crippen LogP contribution in [0.1, 0.15) is 24.4 Å². The van der Waals surface area contributed by atoms with Gasteiger partial charge in [-0.15, -0.1) is 0 Å². The molecule has 72 valence electrons. The maximum atomic E-state index is 11.3. The maximum absolute atomic E-state index is 11.3. The Morgan fingerprint density at radius 1 is 1.29 bits per heavy atom. The minimum absolute atomic E-state index is 0.0788. The fraction of sp³-hybridized carbons (Fsp3) is 0.250. The van der Waals surface area contributed by atoms with Crippen LogP contribution in [0, 0.1) is 0 Å². The third kappa shape index (κ3) is 1.84. The fourth-order valence-electron chi connectivity index (χ4n) is 1.77. The van der Waals surface area contributed by atoms with Crippen molar-refractivity contribution in [3.05, 3.63) is 48.0 Å². The fourth-order valence-corrected chi connectivity index (χ4v) is 1.77. The van der Waals surface area contributed by atoms with E-state index in [1.54, 1.807) is 0 Å². The van der Waals surface area contributed by atoms with E-state index in [1.807, 2.05) is 30.3 Å². The zero-order valence-electron chi connectivity index (χ0n) is 7.99. The Bertz CT molecular complexity index is 340. The van der Waals surface area contributed by atoms with Gasteiger partial charge >= 0.3 is 0 Å². The Hall–Kier alpha value is -1.57. The molecule has 0 aliphatic carbocycles. The van der Waals surface area contributed by atoms with Crippen LogP contribution in [0.5, 0.6) is 0 Å². The summed E-state index contributed by atoms with van der Waals surface area (Å²) in [5.74, 6) is 0.0788. The van der Waals surface area contributed by atoms with Gasteiger partial charge in [0, 0.05) is 6.42 Å². The van der Waals surface area contributed by atoms with E-state index in [1.165, 1.54) is 0 Å². The number of hydrogen-bond acceptors (Lipinski definition) is 1. The highest BCUT2D eigenvalue weighted by atomic mass is 16.1. The zero-order valence-corrected chi connectivity index (χ0v) is 7.99. The molecule has 0 saturated carbocycles. The largest absolute Gasteiger partial charge is 0.349 e. The minimum Gasteiger partial charge on any atom is -0.349 e. The smallest absolute Gasteiger partial charge is 0.224 e. The Labute approximate surface area is 83.6 Å². The standard InChI is InChI=1S/C12H13NO/c1-9-7-11(13-12(14)8-9)10-5-3-2-4-6-10/h2-6,11H,1,7-8H2,(H,13,14). The second-order valence-corrected chi connectivity index (χ2v) is 3.66. The minimum atomic E-state index is 0.0788. The first-order valence-corrected chi connectivity index (χ1v) is 4.76. The highest BCUT2D eigenvalue weighted by Crippen LogP contribution is 2.25. The molecule has 1 N–H and O–H groups in total. The van der Waals surface area contributed by atoms with Crippen LogP contribution in [0.3, 0.4) is 0 Å². The lowest BCUT2D eigenvalue weighted by Crippen LogP contribution is -2.33. The molecular formula is C12H13NO. The third-order valence-electron chi connectivity index (χ3n) is 2.44. The molecule has 2 nitrogen and oxygen atoms in total. The lowest BCUT2D eigenvalue weighted by Gasteiger charge is -2.25.